The average molecular weight is 325 g/mol. The van der Waals surface area contributed by atoms with E-state index in [1.807, 2.05) is 12.1 Å². The molecule has 3 aromatic heterocycles. The number of hydrogen-bond acceptors (Lipinski definition) is 7. The fraction of sp³-hybridized carbons (Fsp3) is 0.375. The van der Waals surface area contributed by atoms with Gasteiger partial charge in [-0.15, -0.1) is 0 Å². The second-order valence-corrected chi connectivity index (χ2v) is 5.78. The molecule has 0 aliphatic carbocycles. The molecular weight excluding hydrogens is 306 g/mol. The minimum absolute atomic E-state index is 0.341. The zero-order chi connectivity index (χ0) is 16.4. The predicted molar refractivity (Wildman–Crippen MR) is 91.4 cm³/mol. The Labute approximate surface area is 139 Å². The van der Waals surface area contributed by atoms with Crippen LogP contribution in [0.25, 0.3) is 11.0 Å². The molecule has 0 unspecified atom stereocenters. The number of aromatic amines is 1. The highest BCUT2D eigenvalue weighted by molar-refractivity contribution is 5.77. The first-order valence-corrected chi connectivity index (χ1v) is 7.99. The first-order valence-electron chi connectivity index (χ1n) is 7.99. The molecule has 0 atom stereocenters. The van der Waals surface area contributed by atoms with Crippen LogP contribution in [0.15, 0.2) is 30.9 Å². The predicted octanol–water partition coefficient (Wildman–Crippen LogP) is 2.11. The molecule has 0 spiro atoms. The first kappa shape index (κ1) is 14.8. The summed E-state index contributed by atoms with van der Waals surface area (Å²) in [4.78, 5) is 22.8. The van der Waals surface area contributed by atoms with E-state index in [2.05, 4.69) is 35.1 Å². The minimum atomic E-state index is 0.341. The number of nitrogens with one attached hydrogen (secondary N) is 2. The molecule has 2 N–H and O–H groups in total. The van der Waals surface area contributed by atoms with Crippen molar-refractivity contribution >= 4 is 28.6 Å². The molecule has 0 amide bonds. The maximum atomic E-state index is 5.41. The Kier molecular flexibility index (Phi) is 3.96. The normalized spacial score (nSPS) is 15.8. The van der Waals surface area contributed by atoms with E-state index in [0.29, 0.717) is 6.10 Å². The van der Waals surface area contributed by atoms with E-state index in [4.69, 9.17) is 4.74 Å². The van der Waals surface area contributed by atoms with Gasteiger partial charge in [0.25, 0.3) is 0 Å². The van der Waals surface area contributed by atoms with Crippen LogP contribution >= 0.6 is 0 Å². The third-order valence-corrected chi connectivity index (χ3v) is 4.26. The minimum Gasteiger partial charge on any atom is -0.381 e. The molecule has 4 rings (SSSR count). The van der Waals surface area contributed by atoms with Crippen LogP contribution in [0, 0.1) is 0 Å². The van der Waals surface area contributed by atoms with Gasteiger partial charge in [-0.1, -0.05) is 0 Å². The highest BCUT2D eigenvalue weighted by atomic mass is 16.5. The van der Waals surface area contributed by atoms with E-state index in [9.17, 15) is 0 Å². The molecule has 24 heavy (non-hydrogen) atoms. The summed E-state index contributed by atoms with van der Waals surface area (Å²) in [7, 11) is 1.77. The molecule has 8 nitrogen and oxygen atoms in total. The lowest BCUT2D eigenvalue weighted by molar-refractivity contribution is 0.0816. The zero-order valence-electron chi connectivity index (χ0n) is 13.4. The van der Waals surface area contributed by atoms with Gasteiger partial charge in [0.2, 0.25) is 5.95 Å². The summed E-state index contributed by atoms with van der Waals surface area (Å²) in [6, 6.07) is 3.75. The molecule has 4 heterocycles. The summed E-state index contributed by atoms with van der Waals surface area (Å²) in [5.74, 6) is 2.17. The third-order valence-electron chi connectivity index (χ3n) is 4.26. The van der Waals surface area contributed by atoms with E-state index < -0.39 is 0 Å². The number of methoxy groups -OCH3 is 1. The summed E-state index contributed by atoms with van der Waals surface area (Å²) < 4.78 is 5.41. The molecule has 0 aromatic carbocycles. The second kappa shape index (κ2) is 6.40. The van der Waals surface area contributed by atoms with Gasteiger partial charge >= 0.3 is 0 Å². The van der Waals surface area contributed by atoms with Crippen LogP contribution in [0.5, 0.6) is 0 Å². The van der Waals surface area contributed by atoms with Crippen LogP contribution in [0.2, 0.25) is 0 Å². The maximum absolute atomic E-state index is 5.41. The smallest absolute Gasteiger partial charge is 0.227 e. The molecule has 1 fully saturated rings. The Bertz CT molecular complexity index is 826. The number of piperidine rings is 1. The standard InChI is InChI=1S/C16H19N7O/c1-24-11-3-6-23(7-4-11)16-17-5-2-14(22-16)21-15-8-12-13(9-18-15)20-10-19-12/h2,5,8-11H,3-4,6-7H2,1H3,(H,19,20)(H,17,18,21,22). The van der Waals surface area contributed by atoms with Crippen LogP contribution in [0.1, 0.15) is 12.8 Å². The summed E-state index contributed by atoms with van der Waals surface area (Å²) >= 11 is 0. The summed E-state index contributed by atoms with van der Waals surface area (Å²) in [5, 5.41) is 3.22. The van der Waals surface area contributed by atoms with Gasteiger partial charge in [-0.05, 0) is 18.9 Å². The van der Waals surface area contributed by atoms with Crippen molar-refractivity contribution in [3.05, 3.63) is 30.9 Å². The SMILES string of the molecule is COC1CCN(c2nccc(Nc3cc4[nH]cnc4cn3)n2)CC1. The fourth-order valence-corrected chi connectivity index (χ4v) is 2.90. The van der Waals surface area contributed by atoms with Crippen molar-refractivity contribution in [1.29, 1.82) is 0 Å². The molecule has 0 radical (unpaired) electrons. The van der Waals surface area contributed by atoms with Crippen molar-refractivity contribution in [1.82, 2.24) is 24.9 Å². The van der Waals surface area contributed by atoms with Crippen LogP contribution in [0.4, 0.5) is 17.6 Å². The highest BCUT2D eigenvalue weighted by Gasteiger charge is 2.20. The van der Waals surface area contributed by atoms with E-state index in [1.165, 1.54) is 0 Å². The number of anilines is 3. The van der Waals surface area contributed by atoms with Gasteiger partial charge in [0.05, 0.1) is 24.1 Å². The molecule has 0 bridgehead atoms. The van der Waals surface area contributed by atoms with Crippen molar-refractivity contribution in [2.24, 2.45) is 0 Å². The van der Waals surface area contributed by atoms with Crippen LogP contribution < -0.4 is 10.2 Å². The molecule has 8 heteroatoms. The lowest BCUT2D eigenvalue weighted by atomic mass is 10.1. The number of fused-ring (bicyclic) bond motifs is 1. The van der Waals surface area contributed by atoms with Crippen LogP contribution in [0.3, 0.4) is 0 Å². The molecule has 3 aromatic rings. The van der Waals surface area contributed by atoms with E-state index in [1.54, 1.807) is 25.8 Å². The largest absolute Gasteiger partial charge is 0.381 e. The number of imidazole rings is 1. The molecule has 124 valence electrons. The first-order chi connectivity index (χ1) is 11.8. The van der Waals surface area contributed by atoms with Gasteiger partial charge in [0.15, 0.2) is 0 Å². The Morgan fingerprint density at radius 3 is 2.92 bits per heavy atom. The van der Waals surface area contributed by atoms with Crippen molar-refractivity contribution in [3.8, 4) is 0 Å². The van der Waals surface area contributed by atoms with Gasteiger partial charge in [0.1, 0.15) is 17.2 Å². The van der Waals surface area contributed by atoms with Crippen LogP contribution in [-0.4, -0.2) is 51.2 Å². The maximum Gasteiger partial charge on any atom is 0.227 e. The van der Waals surface area contributed by atoms with Gasteiger partial charge in [-0.2, -0.15) is 4.98 Å². The van der Waals surface area contributed by atoms with E-state index in [-0.39, 0.29) is 0 Å². The van der Waals surface area contributed by atoms with Crippen molar-refractivity contribution < 1.29 is 4.74 Å². The van der Waals surface area contributed by atoms with Crippen LogP contribution in [-0.2, 0) is 4.74 Å². The lowest BCUT2D eigenvalue weighted by Crippen LogP contribution is -2.37. The number of rotatable bonds is 4. The fourth-order valence-electron chi connectivity index (χ4n) is 2.90. The Morgan fingerprint density at radius 2 is 2.08 bits per heavy atom. The molecular formula is C16H19N7O. The number of nitrogens with zero attached hydrogens (tertiary/aromatic N) is 5. The van der Waals surface area contributed by atoms with Crippen molar-refractivity contribution in [3.63, 3.8) is 0 Å². The molecule has 1 saturated heterocycles. The Hall–Kier alpha value is -2.74. The third kappa shape index (κ3) is 3.00. The van der Waals surface area contributed by atoms with Gasteiger partial charge in [0, 0.05) is 32.5 Å². The highest BCUT2D eigenvalue weighted by Crippen LogP contribution is 2.21. The quantitative estimate of drug-likeness (QED) is 0.759. The monoisotopic (exact) mass is 325 g/mol. The number of aromatic nitrogens is 5. The average Bonchev–Trinajstić information content (AvgIpc) is 3.10. The van der Waals surface area contributed by atoms with Crippen molar-refractivity contribution in [2.75, 3.05) is 30.4 Å². The van der Waals surface area contributed by atoms with Gasteiger partial charge in [-0.25, -0.2) is 15.0 Å². The summed E-state index contributed by atoms with van der Waals surface area (Å²) in [6.07, 6.45) is 7.48. The molecule has 1 aliphatic heterocycles. The number of hydrogen-bond donors (Lipinski definition) is 2. The summed E-state index contributed by atoms with van der Waals surface area (Å²) in [5.41, 5.74) is 1.77. The second-order valence-electron chi connectivity index (χ2n) is 5.78. The molecule has 0 saturated carbocycles. The Balaban J connectivity index is 1.50. The summed E-state index contributed by atoms with van der Waals surface area (Å²) in [6.45, 7) is 1.81. The van der Waals surface area contributed by atoms with Gasteiger partial charge in [-0.3, -0.25) is 0 Å². The zero-order valence-corrected chi connectivity index (χ0v) is 13.4. The number of pyridine rings is 1. The van der Waals surface area contributed by atoms with E-state index in [0.717, 1.165) is 54.5 Å². The lowest BCUT2D eigenvalue weighted by Gasteiger charge is -2.31. The number of H-pyrrole nitrogens is 1. The van der Waals surface area contributed by atoms with E-state index >= 15 is 0 Å². The Morgan fingerprint density at radius 1 is 1.21 bits per heavy atom. The van der Waals surface area contributed by atoms with Crippen molar-refractivity contribution in [2.45, 2.75) is 18.9 Å². The molecule has 1 aliphatic rings. The number of ether oxygens (including phenoxy) is 1. The topological polar surface area (TPSA) is 91.8 Å². The van der Waals surface area contributed by atoms with Gasteiger partial charge < -0.3 is 19.9 Å².